The standard InChI is InChI=1S/C43H41AsF5N3O8S/c45-34-35(46)37(48)43(38(49)36(34)47)59-32(53)12-2-1-3-15-50-61(57,58)25-13-14-26(31(22-25)44(54,55)56)33-29-20-23-8-4-16-51-18-6-10-27(39(23)51)41(29)60-42-28-11-7-19-52-17-5-9-24(40(28)52)21-30(33)42/h13-14,20-22,50H,1-12,15-19H2,(H-,54,55,56)/p+1. The fraction of sp³-hybridized carbons (Fsp3) is 0.395. The molecule has 18 heteroatoms. The number of anilines is 1. The topological polar surface area (TPSA) is 145 Å². The first kappa shape index (κ1) is 41.8. The van der Waals surface area contributed by atoms with E-state index in [9.17, 15) is 47.1 Å². The second-order valence-corrected chi connectivity index (χ2v) is 21.2. The number of aryl methyl sites for hydroxylation is 2. The van der Waals surface area contributed by atoms with Crippen molar-refractivity contribution in [2.24, 2.45) is 0 Å². The Kier molecular flexibility index (Phi) is 10.9. The van der Waals surface area contributed by atoms with Crippen LogP contribution in [0.1, 0.15) is 84.7 Å². The van der Waals surface area contributed by atoms with Crippen molar-refractivity contribution in [1.29, 1.82) is 0 Å². The summed E-state index contributed by atoms with van der Waals surface area (Å²) in [4.78, 5) is 14.2. The van der Waals surface area contributed by atoms with E-state index in [2.05, 4.69) is 31.1 Å². The molecule has 0 bridgehead atoms. The summed E-state index contributed by atoms with van der Waals surface area (Å²) in [5.41, 5.74) is 7.24. The van der Waals surface area contributed by atoms with E-state index in [0.29, 0.717) is 17.1 Å². The van der Waals surface area contributed by atoms with Crippen LogP contribution in [-0.4, -0.2) is 69.5 Å². The SMILES string of the molecule is O=C(CCCCCNS(=O)(=O)c1ccc(C2=c3cc4c5c(c3Oc3c2cc2c6c3CCCN6CCC2)CCC[N+]=5CCC4)c([As](=O)(O)O)c1)Oc1c(F)c(F)c(F)c(F)c1F. The molecule has 11 nitrogen and oxygen atoms in total. The second kappa shape index (κ2) is 16.0. The molecule has 4 aromatic rings. The Morgan fingerprint density at radius 1 is 0.803 bits per heavy atom. The number of esters is 1. The smallest absolute Gasteiger partial charge is 0.200 e. The predicted molar refractivity (Wildman–Crippen MR) is 213 cm³/mol. The number of sulfonamides is 1. The Labute approximate surface area is 350 Å². The molecule has 5 aliphatic rings. The van der Waals surface area contributed by atoms with Crippen molar-refractivity contribution in [2.75, 3.05) is 37.6 Å². The molecule has 3 N–H and O–H groups in total. The van der Waals surface area contributed by atoms with Crippen molar-refractivity contribution in [1.82, 2.24) is 9.30 Å². The van der Waals surface area contributed by atoms with Gasteiger partial charge in [-0.05, 0) is 0 Å². The van der Waals surface area contributed by atoms with Crippen molar-refractivity contribution in [3.05, 3.63) is 103 Å². The Morgan fingerprint density at radius 2 is 1.48 bits per heavy atom. The molecule has 5 aliphatic heterocycles. The van der Waals surface area contributed by atoms with Crippen LogP contribution in [0.25, 0.3) is 5.57 Å². The summed E-state index contributed by atoms with van der Waals surface area (Å²) in [6.07, 6.45) is 6.98. The van der Waals surface area contributed by atoms with Crippen LogP contribution >= 0.6 is 0 Å². The second-order valence-electron chi connectivity index (χ2n) is 16.1. The van der Waals surface area contributed by atoms with Crippen LogP contribution in [0.15, 0.2) is 35.2 Å². The van der Waals surface area contributed by atoms with Gasteiger partial charge in [0.2, 0.25) is 34.8 Å². The number of benzene rings is 4. The number of nitrogens with zero attached hydrogens (tertiary/aromatic N) is 2. The molecule has 0 radical (unpaired) electrons. The third kappa shape index (κ3) is 7.39. The Bertz CT molecular complexity index is 2820. The van der Waals surface area contributed by atoms with Crippen LogP contribution in [-0.2, 0) is 44.2 Å². The fourth-order valence-corrected chi connectivity index (χ4v) is 12.6. The van der Waals surface area contributed by atoms with Crippen LogP contribution in [0.2, 0.25) is 0 Å². The van der Waals surface area contributed by atoms with Crippen molar-refractivity contribution in [3.8, 4) is 17.2 Å². The van der Waals surface area contributed by atoms with Crippen molar-refractivity contribution < 1.29 is 56.6 Å². The minimum atomic E-state index is -5.91. The molecule has 4 aromatic carbocycles. The number of hydrogen-bond acceptors (Lipinski definition) is 7. The van der Waals surface area contributed by atoms with Gasteiger partial charge in [0.15, 0.2) is 0 Å². The van der Waals surface area contributed by atoms with Gasteiger partial charge in [0.1, 0.15) is 0 Å². The van der Waals surface area contributed by atoms with Gasteiger partial charge in [-0.25, -0.2) is 13.2 Å². The molecule has 0 aliphatic carbocycles. The molecular weight excluding hydrogens is 888 g/mol. The number of carbonyl (C=O) groups excluding carboxylic acids is 1. The minimum Gasteiger partial charge on any atom is -0.200 e. The summed E-state index contributed by atoms with van der Waals surface area (Å²) in [6, 6.07) is 8.05. The Hall–Kier alpha value is -4.54. The number of halogens is 5. The average Bonchev–Trinajstić information content (AvgIpc) is 3.24. The zero-order chi connectivity index (χ0) is 43.0. The Morgan fingerprint density at radius 3 is 2.21 bits per heavy atom. The van der Waals surface area contributed by atoms with E-state index in [0.717, 1.165) is 117 Å². The van der Waals surface area contributed by atoms with E-state index in [1.165, 1.54) is 23.2 Å². The molecule has 322 valence electrons. The number of nitrogens with one attached hydrogen (secondary N) is 1. The van der Waals surface area contributed by atoms with Crippen molar-refractivity contribution >= 4 is 45.8 Å². The van der Waals surface area contributed by atoms with Gasteiger partial charge in [0.25, 0.3) is 0 Å². The summed E-state index contributed by atoms with van der Waals surface area (Å²) in [6.45, 7) is 3.62. The molecule has 61 heavy (non-hydrogen) atoms. The molecule has 0 saturated heterocycles. The maximum atomic E-state index is 13.9. The molecule has 0 saturated carbocycles. The van der Waals surface area contributed by atoms with E-state index in [-0.39, 0.29) is 40.6 Å². The van der Waals surface area contributed by atoms with E-state index >= 15 is 0 Å². The summed E-state index contributed by atoms with van der Waals surface area (Å²) < 4.78 is 147. The molecule has 0 amide bonds. The number of hydrogen-bond donors (Lipinski definition) is 3. The number of fused-ring (bicyclic) bond motifs is 4. The fourth-order valence-electron chi connectivity index (χ4n) is 9.64. The van der Waals surface area contributed by atoms with Gasteiger partial charge in [-0.3, -0.25) is 0 Å². The van der Waals surface area contributed by atoms with Gasteiger partial charge in [0, 0.05) is 0 Å². The molecule has 0 unspecified atom stereocenters. The monoisotopic (exact) mass is 930 g/mol. The molecular formula is C43H42AsF5N3O8S+. The van der Waals surface area contributed by atoms with Crippen molar-refractivity contribution in [3.63, 3.8) is 0 Å². The minimum absolute atomic E-state index is 0.0205. The number of carbonyl (C=O) groups is 1. The van der Waals surface area contributed by atoms with Crippen LogP contribution in [0.4, 0.5) is 27.6 Å². The molecule has 0 spiro atoms. The van der Waals surface area contributed by atoms with Crippen LogP contribution in [0, 0.1) is 29.1 Å². The van der Waals surface area contributed by atoms with Gasteiger partial charge in [-0.1, -0.05) is 0 Å². The number of unbranched alkanes of at least 4 members (excludes halogenated alkanes) is 2. The van der Waals surface area contributed by atoms with Crippen molar-refractivity contribution in [2.45, 2.75) is 81.9 Å². The molecule has 9 rings (SSSR count). The van der Waals surface area contributed by atoms with Gasteiger partial charge < -0.3 is 0 Å². The molecule has 5 heterocycles. The quantitative estimate of drug-likeness (QED) is 0.0263. The zero-order valence-electron chi connectivity index (χ0n) is 32.9. The first-order valence-electron chi connectivity index (χ1n) is 20.5. The first-order valence-corrected chi connectivity index (χ1v) is 25.4. The summed E-state index contributed by atoms with van der Waals surface area (Å²) >= 11 is -5.91. The molecule has 0 aromatic heterocycles. The summed E-state index contributed by atoms with van der Waals surface area (Å²) in [5.74, 6) is -13.1. The molecule has 0 fully saturated rings. The summed E-state index contributed by atoms with van der Waals surface area (Å²) in [5, 5.41) is 1.92. The van der Waals surface area contributed by atoms with Crippen LogP contribution < -0.4 is 38.6 Å². The van der Waals surface area contributed by atoms with Crippen LogP contribution in [0.5, 0.6) is 17.2 Å². The average molecular weight is 931 g/mol. The van der Waals surface area contributed by atoms with Gasteiger partial charge in [-0.2, -0.15) is 8.78 Å². The zero-order valence-corrected chi connectivity index (χ0v) is 35.6. The van der Waals surface area contributed by atoms with Gasteiger partial charge in [0.05, 0.1) is 0 Å². The predicted octanol–water partition coefficient (Wildman–Crippen LogP) is 3.82. The van der Waals surface area contributed by atoms with Gasteiger partial charge >= 0.3 is 295 Å². The third-order valence-corrected chi connectivity index (χ3v) is 15.8. The van der Waals surface area contributed by atoms with E-state index in [1.807, 2.05) is 0 Å². The van der Waals surface area contributed by atoms with E-state index < -0.39 is 71.4 Å². The van der Waals surface area contributed by atoms with E-state index in [4.69, 9.17) is 4.74 Å². The number of rotatable bonds is 11. The first-order chi connectivity index (χ1) is 29.1. The van der Waals surface area contributed by atoms with E-state index in [1.54, 1.807) is 0 Å². The normalized spacial score (nSPS) is 16.7. The Balaban J connectivity index is 1.02. The molecule has 0 atom stereocenters. The van der Waals surface area contributed by atoms with Crippen LogP contribution in [0.3, 0.4) is 0 Å². The summed E-state index contributed by atoms with van der Waals surface area (Å²) in [7, 11) is -4.32. The van der Waals surface area contributed by atoms with Gasteiger partial charge in [-0.15, -0.1) is 0 Å². The third-order valence-electron chi connectivity index (χ3n) is 12.3. The number of ether oxygens (including phenoxy) is 2. The maximum absolute atomic E-state index is 13.9.